The minimum Gasteiger partial charge on any atom is -0.346 e. The van der Waals surface area contributed by atoms with Crippen molar-refractivity contribution in [3.05, 3.63) is 94.5 Å². The molecular weight excluding hydrogens is 432 g/mol. The second-order valence-corrected chi connectivity index (χ2v) is 11.2. The van der Waals surface area contributed by atoms with Crippen molar-refractivity contribution in [3.63, 3.8) is 0 Å². The third-order valence-corrected chi connectivity index (χ3v) is 7.16. The average Bonchev–Trinajstić information content (AvgIpc) is 2.73. The van der Waals surface area contributed by atoms with E-state index in [0.29, 0.717) is 16.8 Å². The first kappa shape index (κ1) is 24.5. The molecule has 3 aromatic carbocycles. The van der Waals surface area contributed by atoms with Gasteiger partial charge in [-0.2, -0.15) is 0 Å². The molecule has 6 heteroatoms. The van der Waals surface area contributed by atoms with Crippen LogP contribution in [0.4, 0.5) is 5.69 Å². The molecule has 2 N–H and O–H groups in total. The Morgan fingerprint density at radius 1 is 0.909 bits per heavy atom. The fourth-order valence-corrected chi connectivity index (χ4v) is 4.91. The maximum Gasteiger partial charge on any atom is 0.262 e. The van der Waals surface area contributed by atoms with E-state index in [0.717, 1.165) is 11.1 Å². The molecule has 3 rings (SSSR count). The van der Waals surface area contributed by atoms with Crippen LogP contribution in [0.1, 0.15) is 66.3 Å². The maximum atomic E-state index is 13.0. The van der Waals surface area contributed by atoms with Gasteiger partial charge < -0.3 is 5.32 Å². The van der Waals surface area contributed by atoms with Gasteiger partial charge in [-0.05, 0) is 72.7 Å². The predicted molar refractivity (Wildman–Crippen MR) is 134 cm³/mol. The zero-order chi connectivity index (χ0) is 24.4. The number of anilines is 1. The van der Waals surface area contributed by atoms with Gasteiger partial charge in [0.2, 0.25) is 0 Å². The molecule has 5 nitrogen and oxygen atoms in total. The van der Waals surface area contributed by atoms with Gasteiger partial charge in [-0.3, -0.25) is 9.52 Å². The molecule has 0 saturated heterocycles. The second kappa shape index (κ2) is 9.40. The number of amides is 1. The summed E-state index contributed by atoms with van der Waals surface area (Å²) < 4.78 is 28.7. The number of benzene rings is 3. The SMILES string of the molecule is Cc1cccc(NS(=O)(=O)c2cc(C(=O)NC(C)c3ccc(C(C)(C)C)cc3)ccc2C)c1. The van der Waals surface area contributed by atoms with Crippen molar-refractivity contribution in [1.29, 1.82) is 0 Å². The van der Waals surface area contributed by atoms with Crippen molar-refractivity contribution in [2.24, 2.45) is 0 Å². The molecule has 1 amide bonds. The highest BCUT2D eigenvalue weighted by atomic mass is 32.2. The number of hydrogen-bond donors (Lipinski definition) is 2. The van der Waals surface area contributed by atoms with Gasteiger partial charge in [0.05, 0.1) is 10.9 Å². The summed E-state index contributed by atoms with van der Waals surface area (Å²) in [6, 6.07) is 19.8. The van der Waals surface area contributed by atoms with Crippen molar-refractivity contribution in [3.8, 4) is 0 Å². The van der Waals surface area contributed by atoms with Crippen LogP contribution in [0.2, 0.25) is 0 Å². The lowest BCUT2D eigenvalue weighted by molar-refractivity contribution is 0.0939. The first-order chi connectivity index (χ1) is 15.4. The monoisotopic (exact) mass is 464 g/mol. The second-order valence-electron chi connectivity index (χ2n) is 9.52. The third kappa shape index (κ3) is 6.02. The van der Waals surface area contributed by atoms with Crippen LogP contribution in [0.3, 0.4) is 0 Å². The predicted octanol–water partition coefficient (Wildman–Crippen LogP) is 5.89. The van der Waals surface area contributed by atoms with Gasteiger partial charge in [-0.15, -0.1) is 0 Å². The Kier molecular flexibility index (Phi) is 6.98. The van der Waals surface area contributed by atoms with E-state index in [2.05, 4.69) is 42.9 Å². The van der Waals surface area contributed by atoms with E-state index in [4.69, 9.17) is 0 Å². The van der Waals surface area contributed by atoms with Crippen LogP contribution in [0, 0.1) is 13.8 Å². The quantitative estimate of drug-likeness (QED) is 0.477. The molecule has 0 aliphatic carbocycles. The summed E-state index contributed by atoms with van der Waals surface area (Å²) in [7, 11) is -3.85. The standard InChI is InChI=1S/C27H32N2O3S/c1-18-8-7-9-24(16-18)29-33(31,32)25-17-22(11-10-19(25)2)26(30)28-20(3)21-12-14-23(15-13-21)27(4,5)6/h7-17,20,29H,1-6H3,(H,28,30). The van der Waals surface area contributed by atoms with E-state index < -0.39 is 10.0 Å². The van der Waals surface area contributed by atoms with Crippen molar-refractivity contribution in [1.82, 2.24) is 5.32 Å². The number of aryl methyl sites for hydroxylation is 2. The normalized spacial score (nSPS) is 12.8. The fraction of sp³-hybridized carbons (Fsp3) is 0.296. The molecule has 0 spiro atoms. The molecule has 0 heterocycles. The Hall–Kier alpha value is -3.12. The van der Waals surface area contributed by atoms with E-state index in [9.17, 15) is 13.2 Å². The first-order valence-corrected chi connectivity index (χ1v) is 12.5. The van der Waals surface area contributed by atoms with Crippen LogP contribution in [-0.4, -0.2) is 14.3 Å². The largest absolute Gasteiger partial charge is 0.346 e. The van der Waals surface area contributed by atoms with Gasteiger partial charge in [-0.25, -0.2) is 8.42 Å². The highest BCUT2D eigenvalue weighted by Crippen LogP contribution is 2.25. The highest BCUT2D eigenvalue weighted by Gasteiger charge is 2.21. The van der Waals surface area contributed by atoms with Gasteiger partial charge in [0.15, 0.2) is 0 Å². The lowest BCUT2D eigenvalue weighted by Gasteiger charge is -2.21. The molecule has 0 radical (unpaired) electrons. The average molecular weight is 465 g/mol. The minimum atomic E-state index is -3.85. The Labute approximate surface area is 197 Å². The molecule has 0 aromatic heterocycles. The summed E-state index contributed by atoms with van der Waals surface area (Å²) in [5.41, 5.74) is 4.56. The molecule has 0 saturated carbocycles. The van der Waals surface area contributed by atoms with Crippen LogP contribution >= 0.6 is 0 Å². The lowest BCUT2D eigenvalue weighted by atomic mass is 9.86. The molecule has 33 heavy (non-hydrogen) atoms. The van der Waals surface area contributed by atoms with E-state index >= 15 is 0 Å². The summed E-state index contributed by atoms with van der Waals surface area (Å²) in [5.74, 6) is -0.325. The molecule has 174 valence electrons. The van der Waals surface area contributed by atoms with E-state index in [-0.39, 0.29) is 22.3 Å². The van der Waals surface area contributed by atoms with Crippen molar-refractivity contribution in [2.75, 3.05) is 4.72 Å². The summed E-state index contributed by atoms with van der Waals surface area (Å²) in [6.07, 6.45) is 0. The van der Waals surface area contributed by atoms with Crippen LogP contribution in [0.15, 0.2) is 71.6 Å². The first-order valence-electron chi connectivity index (χ1n) is 11.0. The topological polar surface area (TPSA) is 75.3 Å². The van der Waals surface area contributed by atoms with Gasteiger partial charge in [0.25, 0.3) is 15.9 Å². The lowest BCUT2D eigenvalue weighted by Crippen LogP contribution is -2.27. The molecule has 0 aliphatic heterocycles. The summed E-state index contributed by atoms with van der Waals surface area (Å²) in [5, 5.41) is 2.97. The smallest absolute Gasteiger partial charge is 0.262 e. The Morgan fingerprint density at radius 3 is 2.18 bits per heavy atom. The fourth-order valence-electron chi connectivity index (χ4n) is 3.58. The highest BCUT2D eigenvalue weighted by molar-refractivity contribution is 7.92. The number of hydrogen-bond acceptors (Lipinski definition) is 3. The van der Waals surface area contributed by atoms with Gasteiger partial charge in [0, 0.05) is 11.3 Å². The van der Waals surface area contributed by atoms with Crippen molar-refractivity contribution in [2.45, 2.75) is 57.9 Å². The number of carbonyl (C=O) groups excluding carboxylic acids is 1. The van der Waals surface area contributed by atoms with Crippen LogP contribution in [0.5, 0.6) is 0 Å². The number of nitrogens with one attached hydrogen (secondary N) is 2. The molecule has 1 unspecified atom stereocenters. The van der Waals surface area contributed by atoms with Gasteiger partial charge in [0.1, 0.15) is 0 Å². The molecule has 0 bridgehead atoms. The summed E-state index contributed by atoms with van der Waals surface area (Å²) in [6.45, 7) is 12.0. The number of sulfonamides is 1. The third-order valence-electron chi connectivity index (χ3n) is 5.63. The molecule has 1 atom stereocenters. The van der Waals surface area contributed by atoms with E-state index in [1.807, 2.05) is 32.0 Å². The van der Waals surface area contributed by atoms with E-state index in [1.165, 1.54) is 11.6 Å². The minimum absolute atomic E-state index is 0.0568. The zero-order valence-corrected chi connectivity index (χ0v) is 20.9. The van der Waals surface area contributed by atoms with Crippen molar-refractivity contribution >= 4 is 21.6 Å². The van der Waals surface area contributed by atoms with Crippen molar-refractivity contribution < 1.29 is 13.2 Å². The van der Waals surface area contributed by atoms with E-state index in [1.54, 1.807) is 37.3 Å². The number of carbonyl (C=O) groups is 1. The van der Waals surface area contributed by atoms with Gasteiger partial charge >= 0.3 is 0 Å². The number of rotatable bonds is 6. The molecule has 0 aliphatic rings. The van der Waals surface area contributed by atoms with Crippen LogP contribution in [0.25, 0.3) is 0 Å². The Morgan fingerprint density at radius 2 is 1.58 bits per heavy atom. The Balaban J connectivity index is 1.80. The summed E-state index contributed by atoms with van der Waals surface area (Å²) in [4.78, 5) is 13.0. The maximum absolute atomic E-state index is 13.0. The molecular formula is C27H32N2O3S. The molecule has 0 fully saturated rings. The van der Waals surface area contributed by atoms with Crippen LogP contribution in [-0.2, 0) is 15.4 Å². The summed E-state index contributed by atoms with van der Waals surface area (Å²) >= 11 is 0. The van der Waals surface area contributed by atoms with Crippen LogP contribution < -0.4 is 10.0 Å². The van der Waals surface area contributed by atoms with Gasteiger partial charge in [-0.1, -0.05) is 63.2 Å². The zero-order valence-electron chi connectivity index (χ0n) is 20.1. The molecule has 3 aromatic rings. The Bertz CT molecular complexity index is 1260.